The molecule has 3 rings (SSSR count). The molecule has 0 spiro atoms. The Hall–Kier alpha value is -1.94. The molecular weight excluding hydrogens is 306 g/mol. The van der Waals surface area contributed by atoms with E-state index in [4.69, 9.17) is 4.74 Å². The molecule has 1 atom stereocenters. The van der Waals surface area contributed by atoms with E-state index in [-0.39, 0.29) is 11.3 Å². The van der Waals surface area contributed by atoms with Crippen molar-refractivity contribution in [1.82, 2.24) is 4.90 Å². The minimum atomic E-state index is 0.0184. The number of amides is 1. The average molecular weight is 327 g/mol. The Bertz CT molecular complexity index is 701. The molecule has 2 aromatic rings. The van der Waals surface area contributed by atoms with Gasteiger partial charge in [0.25, 0.3) is 0 Å². The first kappa shape index (κ1) is 15.9. The zero-order valence-corrected chi connectivity index (χ0v) is 14.3. The first-order valence-corrected chi connectivity index (χ1v) is 8.93. The molecule has 1 heterocycles. The van der Waals surface area contributed by atoms with Crippen molar-refractivity contribution in [3.8, 4) is 5.75 Å². The quantitative estimate of drug-likeness (QED) is 0.825. The highest BCUT2D eigenvalue weighted by atomic mass is 32.2. The standard InChI is InChI=1S/C19H21NO2S/c1-3-22-17-11-7-6-10-16(17)19-20(18(21)13-23-19)12-15-9-5-4-8-14(15)2/h4-11,19H,3,12-13H2,1-2H3. The Labute approximate surface area is 141 Å². The maximum absolute atomic E-state index is 12.4. The maximum Gasteiger partial charge on any atom is 0.234 e. The van der Waals surface area contributed by atoms with Crippen LogP contribution in [0, 0.1) is 6.92 Å². The third-order valence-corrected chi connectivity index (χ3v) is 5.29. The molecule has 0 aromatic heterocycles. The number of carbonyl (C=O) groups is 1. The lowest BCUT2D eigenvalue weighted by Crippen LogP contribution is -2.28. The first-order valence-electron chi connectivity index (χ1n) is 7.88. The third kappa shape index (κ3) is 3.37. The van der Waals surface area contributed by atoms with Gasteiger partial charge >= 0.3 is 0 Å². The molecule has 1 amide bonds. The highest BCUT2D eigenvalue weighted by Gasteiger charge is 2.34. The summed E-state index contributed by atoms with van der Waals surface area (Å²) in [5.41, 5.74) is 3.50. The van der Waals surface area contributed by atoms with Gasteiger partial charge in [-0.15, -0.1) is 11.8 Å². The number of thioether (sulfide) groups is 1. The molecule has 1 aliphatic heterocycles. The smallest absolute Gasteiger partial charge is 0.234 e. The second-order valence-electron chi connectivity index (χ2n) is 5.58. The van der Waals surface area contributed by atoms with Crippen molar-refractivity contribution in [3.63, 3.8) is 0 Å². The van der Waals surface area contributed by atoms with E-state index in [1.165, 1.54) is 11.1 Å². The molecule has 3 nitrogen and oxygen atoms in total. The van der Waals surface area contributed by atoms with E-state index < -0.39 is 0 Å². The first-order chi connectivity index (χ1) is 11.2. The van der Waals surface area contributed by atoms with Gasteiger partial charge in [-0.25, -0.2) is 0 Å². The fourth-order valence-electron chi connectivity index (χ4n) is 2.83. The Morgan fingerprint density at radius 2 is 1.91 bits per heavy atom. The number of rotatable bonds is 5. The van der Waals surface area contributed by atoms with Crippen molar-refractivity contribution in [3.05, 3.63) is 65.2 Å². The van der Waals surface area contributed by atoms with Crippen LogP contribution in [0.2, 0.25) is 0 Å². The Morgan fingerprint density at radius 3 is 2.70 bits per heavy atom. The SMILES string of the molecule is CCOc1ccccc1C1SCC(=O)N1Cc1ccccc1C. The minimum absolute atomic E-state index is 0.0184. The number of aryl methyl sites for hydroxylation is 1. The summed E-state index contributed by atoms with van der Waals surface area (Å²) in [6.07, 6.45) is 0. The van der Waals surface area contributed by atoms with E-state index in [0.717, 1.165) is 11.3 Å². The molecule has 2 aromatic carbocycles. The highest BCUT2D eigenvalue weighted by molar-refractivity contribution is 8.00. The molecule has 0 N–H and O–H groups in total. The van der Waals surface area contributed by atoms with Crippen LogP contribution >= 0.6 is 11.8 Å². The lowest BCUT2D eigenvalue weighted by molar-refractivity contribution is -0.128. The molecule has 1 fully saturated rings. The van der Waals surface area contributed by atoms with E-state index in [1.807, 2.05) is 42.2 Å². The second kappa shape index (κ2) is 7.09. The summed E-state index contributed by atoms with van der Waals surface area (Å²) >= 11 is 1.67. The number of ether oxygens (including phenoxy) is 1. The topological polar surface area (TPSA) is 29.5 Å². The van der Waals surface area contributed by atoms with Crippen molar-refractivity contribution in [2.45, 2.75) is 25.8 Å². The molecule has 120 valence electrons. The summed E-state index contributed by atoms with van der Waals surface area (Å²) in [7, 11) is 0. The van der Waals surface area contributed by atoms with Gasteiger partial charge in [-0.1, -0.05) is 42.5 Å². The van der Waals surface area contributed by atoms with E-state index in [9.17, 15) is 4.79 Å². The van der Waals surface area contributed by atoms with Gasteiger partial charge in [0.05, 0.1) is 12.4 Å². The fraction of sp³-hybridized carbons (Fsp3) is 0.316. The minimum Gasteiger partial charge on any atom is -0.493 e. The molecule has 1 aliphatic rings. The van der Waals surface area contributed by atoms with Gasteiger partial charge in [0.15, 0.2) is 0 Å². The number of carbonyl (C=O) groups excluding carboxylic acids is 1. The van der Waals surface area contributed by atoms with Gasteiger partial charge in [-0.3, -0.25) is 4.79 Å². The van der Waals surface area contributed by atoms with Crippen LogP contribution in [-0.2, 0) is 11.3 Å². The Morgan fingerprint density at radius 1 is 1.17 bits per heavy atom. The largest absolute Gasteiger partial charge is 0.493 e. The summed E-state index contributed by atoms with van der Waals surface area (Å²) in [4.78, 5) is 14.4. The van der Waals surface area contributed by atoms with Crippen LogP contribution in [0.1, 0.15) is 29.0 Å². The zero-order valence-electron chi connectivity index (χ0n) is 13.5. The Balaban J connectivity index is 1.90. The van der Waals surface area contributed by atoms with Gasteiger partial charge in [-0.05, 0) is 31.0 Å². The van der Waals surface area contributed by atoms with E-state index in [0.29, 0.717) is 18.9 Å². The number of hydrogen-bond donors (Lipinski definition) is 0. The van der Waals surface area contributed by atoms with Crippen molar-refractivity contribution in [2.24, 2.45) is 0 Å². The number of nitrogens with zero attached hydrogens (tertiary/aromatic N) is 1. The summed E-state index contributed by atoms with van der Waals surface area (Å²) in [5, 5.41) is 0.0184. The van der Waals surface area contributed by atoms with Crippen LogP contribution in [-0.4, -0.2) is 23.2 Å². The van der Waals surface area contributed by atoms with Gasteiger partial charge in [-0.2, -0.15) is 0 Å². The lowest BCUT2D eigenvalue weighted by Gasteiger charge is -2.26. The summed E-state index contributed by atoms with van der Waals surface area (Å²) in [6.45, 7) is 5.34. The lowest BCUT2D eigenvalue weighted by atomic mass is 10.1. The van der Waals surface area contributed by atoms with Gasteiger partial charge in [0.1, 0.15) is 11.1 Å². The average Bonchev–Trinajstić information content (AvgIpc) is 2.91. The zero-order chi connectivity index (χ0) is 16.2. The van der Waals surface area contributed by atoms with Crippen LogP contribution < -0.4 is 4.74 Å². The van der Waals surface area contributed by atoms with Gasteiger partial charge in [0, 0.05) is 12.1 Å². The monoisotopic (exact) mass is 327 g/mol. The van der Waals surface area contributed by atoms with Crippen molar-refractivity contribution in [1.29, 1.82) is 0 Å². The van der Waals surface area contributed by atoms with Crippen LogP contribution in [0.5, 0.6) is 5.75 Å². The molecule has 1 saturated heterocycles. The number of benzene rings is 2. The summed E-state index contributed by atoms with van der Waals surface area (Å²) < 4.78 is 5.76. The van der Waals surface area contributed by atoms with Crippen LogP contribution in [0.3, 0.4) is 0 Å². The molecule has 0 radical (unpaired) electrons. The second-order valence-corrected chi connectivity index (χ2v) is 6.65. The fourth-order valence-corrected chi connectivity index (χ4v) is 4.04. The van der Waals surface area contributed by atoms with Crippen molar-refractivity contribution >= 4 is 17.7 Å². The molecule has 4 heteroatoms. The van der Waals surface area contributed by atoms with Gasteiger partial charge in [0.2, 0.25) is 5.91 Å². The highest BCUT2D eigenvalue weighted by Crippen LogP contribution is 2.43. The molecule has 0 aliphatic carbocycles. The molecular formula is C19H21NO2S. The third-order valence-electron chi connectivity index (χ3n) is 4.05. The van der Waals surface area contributed by atoms with E-state index in [1.54, 1.807) is 11.8 Å². The van der Waals surface area contributed by atoms with Crippen molar-refractivity contribution < 1.29 is 9.53 Å². The summed E-state index contributed by atoms with van der Waals surface area (Å²) in [5.74, 6) is 1.59. The van der Waals surface area contributed by atoms with Crippen LogP contribution in [0.4, 0.5) is 0 Å². The van der Waals surface area contributed by atoms with Crippen LogP contribution in [0.15, 0.2) is 48.5 Å². The number of hydrogen-bond acceptors (Lipinski definition) is 3. The number of para-hydroxylation sites is 1. The normalized spacial score (nSPS) is 17.6. The molecule has 0 bridgehead atoms. The summed E-state index contributed by atoms with van der Waals surface area (Å²) in [6, 6.07) is 16.3. The van der Waals surface area contributed by atoms with Crippen LogP contribution in [0.25, 0.3) is 0 Å². The molecule has 1 unspecified atom stereocenters. The molecule has 23 heavy (non-hydrogen) atoms. The predicted octanol–water partition coefficient (Wildman–Crippen LogP) is 4.17. The van der Waals surface area contributed by atoms with Crippen molar-refractivity contribution in [2.75, 3.05) is 12.4 Å². The van der Waals surface area contributed by atoms with E-state index in [2.05, 4.69) is 25.1 Å². The van der Waals surface area contributed by atoms with Gasteiger partial charge < -0.3 is 9.64 Å². The predicted molar refractivity (Wildman–Crippen MR) is 94.5 cm³/mol. The maximum atomic E-state index is 12.4. The van der Waals surface area contributed by atoms with E-state index >= 15 is 0 Å². The molecule has 0 saturated carbocycles. The Kier molecular flexibility index (Phi) is 4.91.